The maximum absolute atomic E-state index is 13.8. The Balaban J connectivity index is 1.64. The molecule has 10 nitrogen and oxygen atoms in total. The van der Waals surface area contributed by atoms with Crippen molar-refractivity contribution in [3.8, 4) is 17.1 Å². The standard InChI is InChI=1S/C28H22ClN3O7S/c1-4-38-27(34)24-15(2)30-28-31(25(24)18-7-5-6-8-20(18)29)26(33)23(40-28)14-17-10-12-22(39-17)19-13-16(32(35)36)9-11-21(19)37-3/h5-14,25H,4H2,1-3H3/b23-14-/t25-/m0/s1. The Bertz CT molecular complexity index is 1870. The molecule has 1 atom stereocenters. The molecule has 0 fully saturated rings. The molecule has 3 heterocycles. The number of hydrogen-bond donors (Lipinski definition) is 0. The molecule has 5 rings (SSSR count). The molecule has 2 aromatic carbocycles. The highest BCUT2D eigenvalue weighted by atomic mass is 35.5. The average Bonchev–Trinajstić information content (AvgIpc) is 3.52. The van der Waals surface area contributed by atoms with E-state index in [1.807, 2.05) is 0 Å². The molecule has 12 heteroatoms. The number of ether oxygens (including phenoxy) is 2. The zero-order chi connectivity index (χ0) is 28.6. The third kappa shape index (κ3) is 4.85. The number of thiazole rings is 1. The van der Waals surface area contributed by atoms with Gasteiger partial charge in [-0.2, -0.15) is 0 Å². The summed E-state index contributed by atoms with van der Waals surface area (Å²) in [6.07, 6.45) is 1.56. The van der Waals surface area contributed by atoms with Crippen molar-refractivity contribution in [2.75, 3.05) is 13.7 Å². The van der Waals surface area contributed by atoms with Crippen molar-refractivity contribution in [3.05, 3.63) is 112 Å². The van der Waals surface area contributed by atoms with Gasteiger partial charge in [-0.1, -0.05) is 41.1 Å². The Labute approximate surface area is 236 Å². The number of methoxy groups -OCH3 is 1. The van der Waals surface area contributed by atoms with Crippen LogP contribution in [0.15, 0.2) is 80.1 Å². The third-order valence-electron chi connectivity index (χ3n) is 6.28. The van der Waals surface area contributed by atoms with Crippen LogP contribution in [0.5, 0.6) is 5.75 Å². The number of nitro groups is 1. The lowest BCUT2D eigenvalue weighted by Crippen LogP contribution is -2.40. The number of hydrogen-bond acceptors (Lipinski definition) is 9. The van der Waals surface area contributed by atoms with Crippen molar-refractivity contribution in [1.29, 1.82) is 0 Å². The van der Waals surface area contributed by atoms with Gasteiger partial charge in [0.1, 0.15) is 23.3 Å². The second-order valence-electron chi connectivity index (χ2n) is 8.67. The van der Waals surface area contributed by atoms with Gasteiger partial charge in [0.05, 0.1) is 40.0 Å². The van der Waals surface area contributed by atoms with Crippen LogP contribution in [-0.2, 0) is 9.53 Å². The summed E-state index contributed by atoms with van der Waals surface area (Å²) in [5.74, 6) is 0.482. The van der Waals surface area contributed by atoms with Crippen LogP contribution >= 0.6 is 22.9 Å². The lowest BCUT2D eigenvalue weighted by Gasteiger charge is -2.25. The Kier molecular flexibility index (Phi) is 7.42. The summed E-state index contributed by atoms with van der Waals surface area (Å²) in [5, 5.41) is 11.7. The maximum atomic E-state index is 13.8. The van der Waals surface area contributed by atoms with Crippen molar-refractivity contribution in [3.63, 3.8) is 0 Å². The summed E-state index contributed by atoms with van der Waals surface area (Å²) in [7, 11) is 1.46. The molecule has 0 bridgehead atoms. The number of aromatic nitrogens is 1. The number of furan rings is 1. The summed E-state index contributed by atoms with van der Waals surface area (Å²) in [4.78, 5) is 42.5. The molecule has 1 aliphatic rings. The van der Waals surface area contributed by atoms with Crippen LogP contribution < -0.4 is 19.6 Å². The molecule has 0 saturated carbocycles. The van der Waals surface area contributed by atoms with Crippen molar-refractivity contribution in [1.82, 2.24) is 4.57 Å². The molecule has 2 aromatic heterocycles. The maximum Gasteiger partial charge on any atom is 0.338 e. The first-order valence-electron chi connectivity index (χ1n) is 12.1. The number of rotatable bonds is 7. The van der Waals surface area contributed by atoms with Crippen LogP contribution in [0.4, 0.5) is 5.69 Å². The number of nitrogens with zero attached hydrogens (tertiary/aromatic N) is 3. The fourth-order valence-corrected chi connectivity index (χ4v) is 5.75. The summed E-state index contributed by atoms with van der Waals surface area (Å²) >= 11 is 7.67. The Morgan fingerprint density at radius 3 is 2.73 bits per heavy atom. The van der Waals surface area contributed by atoms with Gasteiger partial charge in [0.2, 0.25) is 0 Å². The molecule has 0 spiro atoms. The summed E-state index contributed by atoms with van der Waals surface area (Å²) in [6.45, 7) is 3.55. The molecule has 40 heavy (non-hydrogen) atoms. The zero-order valence-corrected chi connectivity index (χ0v) is 23.1. The summed E-state index contributed by atoms with van der Waals surface area (Å²) in [5.41, 5.74) is 1.10. The molecule has 4 aromatic rings. The van der Waals surface area contributed by atoms with E-state index in [2.05, 4.69) is 4.99 Å². The largest absolute Gasteiger partial charge is 0.496 e. The highest BCUT2D eigenvalue weighted by Crippen LogP contribution is 2.36. The first kappa shape index (κ1) is 27.1. The van der Waals surface area contributed by atoms with Gasteiger partial charge in [0.25, 0.3) is 11.2 Å². The molecule has 0 amide bonds. The van der Waals surface area contributed by atoms with E-state index in [9.17, 15) is 19.7 Å². The lowest BCUT2D eigenvalue weighted by atomic mass is 9.96. The van der Waals surface area contributed by atoms with E-state index in [-0.39, 0.29) is 17.9 Å². The number of non-ortho nitro benzene ring substituents is 1. The Morgan fingerprint density at radius 1 is 1.25 bits per heavy atom. The number of carbonyl (C=O) groups excluding carboxylic acids is 1. The van der Waals surface area contributed by atoms with E-state index in [0.717, 1.165) is 11.3 Å². The van der Waals surface area contributed by atoms with Crippen LogP contribution in [0.1, 0.15) is 31.2 Å². The lowest BCUT2D eigenvalue weighted by molar-refractivity contribution is -0.384. The SMILES string of the molecule is CCOC(=O)C1=C(C)N=c2s/c(=C\c3ccc(-c4cc([N+](=O)[O-])ccc4OC)o3)c(=O)n2[C@H]1c1ccccc1Cl. The van der Waals surface area contributed by atoms with Gasteiger partial charge < -0.3 is 13.9 Å². The minimum atomic E-state index is -0.840. The molecule has 0 unspecified atom stereocenters. The van der Waals surface area contributed by atoms with Crippen molar-refractivity contribution in [2.24, 2.45) is 4.99 Å². The number of nitro benzene ring substituents is 1. The van der Waals surface area contributed by atoms with Gasteiger partial charge in [-0.25, -0.2) is 9.79 Å². The normalized spacial score (nSPS) is 15.0. The summed E-state index contributed by atoms with van der Waals surface area (Å²) < 4.78 is 18.3. The highest BCUT2D eigenvalue weighted by Gasteiger charge is 2.34. The molecule has 0 N–H and O–H groups in total. The quantitative estimate of drug-likeness (QED) is 0.177. The smallest absolute Gasteiger partial charge is 0.338 e. The molecule has 0 saturated heterocycles. The van der Waals surface area contributed by atoms with E-state index in [1.165, 1.54) is 29.9 Å². The number of carbonyl (C=O) groups is 1. The average molecular weight is 580 g/mol. The first-order chi connectivity index (χ1) is 19.2. The molecule has 204 valence electrons. The molecular formula is C28H22ClN3O7S. The van der Waals surface area contributed by atoms with Crippen LogP contribution in [0.25, 0.3) is 17.4 Å². The highest BCUT2D eigenvalue weighted by molar-refractivity contribution is 7.07. The molecule has 1 aliphatic heterocycles. The van der Waals surface area contributed by atoms with Crippen LogP contribution in [0.2, 0.25) is 5.02 Å². The summed E-state index contributed by atoms with van der Waals surface area (Å²) in [6, 6.07) is 13.6. The van der Waals surface area contributed by atoms with Gasteiger partial charge in [0, 0.05) is 23.2 Å². The Hall–Kier alpha value is -4.48. The number of halogens is 1. The van der Waals surface area contributed by atoms with Crippen molar-refractivity contribution in [2.45, 2.75) is 19.9 Å². The van der Waals surface area contributed by atoms with Crippen LogP contribution in [0, 0.1) is 10.1 Å². The topological polar surface area (TPSA) is 126 Å². The second-order valence-corrected chi connectivity index (χ2v) is 10.1. The van der Waals surface area contributed by atoms with Gasteiger partial charge in [0.15, 0.2) is 4.80 Å². The fraction of sp³-hybridized carbons (Fsp3) is 0.179. The fourth-order valence-electron chi connectivity index (χ4n) is 4.49. The van der Waals surface area contributed by atoms with Crippen molar-refractivity contribution < 1.29 is 23.6 Å². The molecule has 0 aliphatic carbocycles. The van der Waals surface area contributed by atoms with Crippen LogP contribution in [-0.4, -0.2) is 29.2 Å². The third-order valence-corrected chi connectivity index (χ3v) is 7.60. The van der Waals surface area contributed by atoms with E-state index >= 15 is 0 Å². The van der Waals surface area contributed by atoms with Gasteiger partial charge in [-0.15, -0.1) is 0 Å². The predicted octanol–water partition coefficient (Wildman–Crippen LogP) is 4.63. The minimum absolute atomic E-state index is 0.116. The second kappa shape index (κ2) is 10.9. The predicted molar refractivity (Wildman–Crippen MR) is 149 cm³/mol. The zero-order valence-electron chi connectivity index (χ0n) is 21.5. The molecule has 0 radical (unpaired) electrons. The number of fused-ring (bicyclic) bond motifs is 1. The van der Waals surface area contributed by atoms with E-state index in [1.54, 1.807) is 56.3 Å². The van der Waals surface area contributed by atoms with E-state index in [4.69, 9.17) is 25.5 Å². The van der Waals surface area contributed by atoms with Crippen LogP contribution in [0.3, 0.4) is 0 Å². The van der Waals surface area contributed by atoms with E-state index < -0.39 is 22.5 Å². The number of esters is 1. The number of benzene rings is 2. The Morgan fingerprint density at radius 2 is 2.02 bits per heavy atom. The van der Waals surface area contributed by atoms with E-state index in [0.29, 0.717) is 48.5 Å². The van der Waals surface area contributed by atoms with Gasteiger partial charge >= 0.3 is 5.97 Å². The molecular weight excluding hydrogens is 558 g/mol. The van der Waals surface area contributed by atoms with Crippen molar-refractivity contribution >= 4 is 40.7 Å². The van der Waals surface area contributed by atoms with Gasteiger partial charge in [-0.05, 0) is 43.7 Å². The van der Waals surface area contributed by atoms with Gasteiger partial charge in [-0.3, -0.25) is 19.5 Å². The monoisotopic (exact) mass is 579 g/mol. The minimum Gasteiger partial charge on any atom is -0.496 e. The first-order valence-corrected chi connectivity index (χ1v) is 13.3. The number of allylic oxidation sites excluding steroid dienone is 1.